The predicted octanol–water partition coefficient (Wildman–Crippen LogP) is 3.60. The maximum absolute atomic E-state index is 13.4. The summed E-state index contributed by atoms with van der Waals surface area (Å²) >= 11 is 0. The average Bonchev–Trinajstić information content (AvgIpc) is 3.25. The number of carbonyl (C=O) groups excluding carboxylic acids is 3. The largest absolute Gasteiger partial charge is 0.497 e. The zero-order valence-electron chi connectivity index (χ0n) is 25.1. The highest BCUT2D eigenvalue weighted by atomic mass is 32.2. The van der Waals surface area contributed by atoms with Crippen molar-refractivity contribution in [1.82, 2.24) is 9.62 Å². The standard InChI is InChI=1S/C33H40N4O6S/c1-3-4-8-19-35-33(40)30(29(32(34)39)20-24-9-6-5-7-10-24)21-25-11-15-27(16-12-25)36-23-31(38)37(44(36,41)42)22-26-13-17-28(43-2)18-14-26/h5-7,9-18,29-30H,3-4,8,19-23H2,1-2H3,(H2,34,39)(H,35,40)/t29?,30-/m0/s1. The molecule has 0 spiro atoms. The van der Waals surface area contributed by atoms with Gasteiger partial charge in [0, 0.05) is 6.54 Å². The Morgan fingerprint density at radius 3 is 2.11 bits per heavy atom. The lowest BCUT2D eigenvalue weighted by Crippen LogP contribution is -2.42. The molecule has 3 aromatic carbocycles. The van der Waals surface area contributed by atoms with Crippen molar-refractivity contribution in [3.8, 4) is 5.75 Å². The normalized spacial score (nSPS) is 15.5. The summed E-state index contributed by atoms with van der Waals surface area (Å²) < 4.78 is 33.8. The number of carbonyl (C=O) groups is 3. The second kappa shape index (κ2) is 14.9. The van der Waals surface area contributed by atoms with E-state index in [0.717, 1.165) is 39.0 Å². The summed E-state index contributed by atoms with van der Waals surface area (Å²) in [5.41, 5.74) is 8.47. The number of primary amides is 1. The Balaban J connectivity index is 1.52. The lowest BCUT2D eigenvalue weighted by Gasteiger charge is -2.25. The molecule has 0 saturated carbocycles. The van der Waals surface area contributed by atoms with Crippen molar-refractivity contribution in [2.75, 3.05) is 24.5 Å². The van der Waals surface area contributed by atoms with Gasteiger partial charge in [0.15, 0.2) is 0 Å². The second-order valence-electron chi connectivity index (χ2n) is 10.9. The maximum atomic E-state index is 13.4. The third kappa shape index (κ3) is 7.96. The quantitative estimate of drug-likeness (QED) is 0.249. The van der Waals surface area contributed by atoms with E-state index >= 15 is 0 Å². The fraction of sp³-hybridized carbons (Fsp3) is 0.364. The zero-order valence-corrected chi connectivity index (χ0v) is 26.0. The number of ether oxygens (including phenoxy) is 1. The molecule has 3 N–H and O–H groups in total. The number of benzene rings is 3. The molecule has 1 saturated heterocycles. The highest BCUT2D eigenvalue weighted by Crippen LogP contribution is 2.29. The first-order valence-corrected chi connectivity index (χ1v) is 16.2. The maximum Gasteiger partial charge on any atom is 0.329 e. The van der Waals surface area contributed by atoms with Crippen molar-refractivity contribution >= 4 is 33.6 Å². The second-order valence-corrected chi connectivity index (χ2v) is 12.7. The fourth-order valence-corrected chi connectivity index (χ4v) is 6.85. The highest BCUT2D eigenvalue weighted by Gasteiger charge is 2.42. The summed E-state index contributed by atoms with van der Waals surface area (Å²) in [5, 5.41) is 2.98. The van der Waals surface area contributed by atoms with E-state index < -0.39 is 33.9 Å². The zero-order chi connectivity index (χ0) is 31.7. The molecule has 1 aliphatic rings. The molecule has 0 radical (unpaired) electrons. The number of amides is 3. The van der Waals surface area contributed by atoms with E-state index in [4.69, 9.17) is 10.5 Å². The van der Waals surface area contributed by atoms with Crippen LogP contribution in [0.4, 0.5) is 5.69 Å². The number of hydrogen-bond donors (Lipinski definition) is 2. The van der Waals surface area contributed by atoms with Crippen LogP contribution in [0.25, 0.3) is 0 Å². The Morgan fingerprint density at radius 2 is 1.50 bits per heavy atom. The Labute approximate surface area is 259 Å². The molecule has 10 nitrogen and oxygen atoms in total. The topological polar surface area (TPSA) is 139 Å². The molecule has 44 heavy (non-hydrogen) atoms. The van der Waals surface area contributed by atoms with E-state index in [1.165, 1.54) is 7.11 Å². The number of nitrogens with zero attached hydrogens (tertiary/aromatic N) is 2. The van der Waals surface area contributed by atoms with Crippen LogP contribution in [0, 0.1) is 11.8 Å². The van der Waals surface area contributed by atoms with Gasteiger partial charge in [0.1, 0.15) is 12.3 Å². The van der Waals surface area contributed by atoms with Crippen LogP contribution in [-0.2, 0) is 44.0 Å². The molecule has 3 amide bonds. The Bertz CT molecular complexity index is 1530. The Kier molecular flexibility index (Phi) is 11.0. The SMILES string of the molecule is CCCCCNC(=O)[C@@H](Cc1ccc(N2CC(=O)N(Cc3ccc(OC)cc3)S2(=O)=O)cc1)C(Cc1ccccc1)C(N)=O. The number of rotatable bonds is 15. The van der Waals surface area contributed by atoms with Crippen LogP contribution in [0.2, 0.25) is 0 Å². The fourth-order valence-electron chi connectivity index (χ4n) is 5.32. The van der Waals surface area contributed by atoms with Gasteiger partial charge in [-0.3, -0.25) is 14.4 Å². The third-order valence-electron chi connectivity index (χ3n) is 7.85. The Hall–Kier alpha value is -4.38. The lowest BCUT2D eigenvalue weighted by atomic mass is 9.81. The number of nitrogens with one attached hydrogen (secondary N) is 1. The van der Waals surface area contributed by atoms with E-state index in [0.29, 0.717) is 30.0 Å². The van der Waals surface area contributed by atoms with Gasteiger partial charge < -0.3 is 15.8 Å². The minimum atomic E-state index is -4.11. The van der Waals surface area contributed by atoms with Gasteiger partial charge in [-0.05, 0) is 60.2 Å². The summed E-state index contributed by atoms with van der Waals surface area (Å²) in [7, 11) is -2.57. The van der Waals surface area contributed by atoms with Crippen LogP contribution in [0.5, 0.6) is 5.75 Å². The van der Waals surface area contributed by atoms with Crippen molar-refractivity contribution in [1.29, 1.82) is 0 Å². The Morgan fingerprint density at radius 1 is 0.886 bits per heavy atom. The summed E-state index contributed by atoms with van der Waals surface area (Å²) in [6.45, 7) is 2.18. The van der Waals surface area contributed by atoms with Crippen LogP contribution >= 0.6 is 0 Å². The van der Waals surface area contributed by atoms with Gasteiger partial charge in [-0.2, -0.15) is 8.42 Å². The number of unbranched alkanes of at least 4 members (excludes halogenated alkanes) is 2. The molecule has 0 aliphatic carbocycles. The van der Waals surface area contributed by atoms with Gasteiger partial charge in [0.05, 0.1) is 31.2 Å². The lowest BCUT2D eigenvalue weighted by molar-refractivity contribution is -0.133. The average molecular weight is 621 g/mol. The first-order chi connectivity index (χ1) is 21.1. The van der Waals surface area contributed by atoms with E-state index in [2.05, 4.69) is 12.2 Å². The van der Waals surface area contributed by atoms with Gasteiger partial charge in [0.2, 0.25) is 11.8 Å². The molecular weight excluding hydrogens is 580 g/mol. The first kappa shape index (κ1) is 32.5. The van der Waals surface area contributed by atoms with Crippen molar-refractivity contribution in [2.45, 2.75) is 45.6 Å². The molecule has 1 heterocycles. The minimum absolute atomic E-state index is 0.0925. The van der Waals surface area contributed by atoms with Crippen LogP contribution in [-0.4, -0.2) is 50.6 Å². The van der Waals surface area contributed by atoms with E-state index in [1.807, 2.05) is 30.3 Å². The smallest absolute Gasteiger partial charge is 0.329 e. The molecule has 3 aromatic rings. The number of hydrogen-bond acceptors (Lipinski definition) is 6. The third-order valence-corrected chi connectivity index (χ3v) is 9.63. The van der Waals surface area contributed by atoms with Crippen molar-refractivity contribution in [2.24, 2.45) is 17.6 Å². The van der Waals surface area contributed by atoms with Crippen molar-refractivity contribution in [3.05, 3.63) is 95.6 Å². The number of anilines is 1. The molecule has 1 aliphatic heterocycles. The first-order valence-electron chi connectivity index (χ1n) is 14.8. The highest BCUT2D eigenvalue weighted by molar-refractivity contribution is 7.91. The van der Waals surface area contributed by atoms with Gasteiger partial charge >= 0.3 is 10.2 Å². The monoisotopic (exact) mass is 620 g/mol. The van der Waals surface area contributed by atoms with Gasteiger partial charge in [-0.15, -0.1) is 0 Å². The summed E-state index contributed by atoms with van der Waals surface area (Å²) in [6, 6.07) is 23.0. The summed E-state index contributed by atoms with van der Waals surface area (Å²) in [6.07, 6.45) is 3.38. The molecule has 1 unspecified atom stereocenters. The molecule has 2 atom stereocenters. The molecule has 4 rings (SSSR count). The van der Waals surface area contributed by atoms with E-state index in [1.54, 1.807) is 48.5 Å². The molecule has 0 bridgehead atoms. The molecule has 1 fully saturated rings. The van der Waals surface area contributed by atoms with Crippen molar-refractivity contribution < 1.29 is 27.5 Å². The molecule has 0 aromatic heterocycles. The molecule has 234 valence electrons. The van der Waals surface area contributed by atoms with Gasteiger partial charge in [0.25, 0.3) is 5.91 Å². The van der Waals surface area contributed by atoms with Crippen LogP contribution in [0.1, 0.15) is 42.9 Å². The van der Waals surface area contributed by atoms with E-state index in [9.17, 15) is 22.8 Å². The number of methoxy groups -OCH3 is 1. The summed E-state index contributed by atoms with van der Waals surface area (Å²) in [4.78, 5) is 38.9. The van der Waals surface area contributed by atoms with Crippen LogP contribution in [0.15, 0.2) is 78.9 Å². The van der Waals surface area contributed by atoms with Gasteiger partial charge in [-0.25, -0.2) is 8.61 Å². The van der Waals surface area contributed by atoms with Gasteiger partial charge in [-0.1, -0.05) is 74.4 Å². The number of nitrogens with two attached hydrogens (primary N) is 1. The molecule has 11 heteroatoms. The predicted molar refractivity (Wildman–Crippen MR) is 169 cm³/mol. The summed E-state index contributed by atoms with van der Waals surface area (Å²) in [5.74, 6) is -2.17. The van der Waals surface area contributed by atoms with Crippen molar-refractivity contribution in [3.63, 3.8) is 0 Å². The minimum Gasteiger partial charge on any atom is -0.497 e. The van der Waals surface area contributed by atoms with Crippen LogP contribution in [0.3, 0.4) is 0 Å². The van der Waals surface area contributed by atoms with E-state index in [-0.39, 0.29) is 25.4 Å². The molecular formula is C33H40N4O6S. The van der Waals surface area contributed by atoms with Crippen LogP contribution < -0.4 is 20.1 Å².